The van der Waals surface area contributed by atoms with Gasteiger partial charge < -0.3 is 5.43 Å². The minimum atomic E-state index is 0.316. The zero-order valence-electron chi connectivity index (χ0n) is 6.28. The van der Waals surface area contributed by atoms with Crippen LogP contribution in [0.25, 0.3) is 0 Å². The van der Waals surface area contributed by atoms with E-state index in [-0.39, 0.29) is 0 Å². The third-order valence-electron chi connectivity index (χ3n) is 1.59. The summed E-state index contributed by atoms with van der Waals surface area (Å²) in [5.41, 5.74) is 7.75. The molecule has 0 aromatic carbocycles. The Labute approximate surface area is 56.3 Å². The highest BCUT2D eigenvalue weighted by atomic mass is 15.4. The maximum Gasteiger partial charge on any atom is 0.0380 e. The van der Waals surface area contributed by atoms with Gasteiger partial charge in [0.15, 0.2) is 0 Å². The van der Waals surface area contributed by atoms with Crippen LogP contribution in [0.5, 0.6) is 0 Å². The van der Waals surface area contributed by atoms with E-state index in [2.05, 4.69) is 31.6 Å². The van der Waals surface area contributed by atoms with Crippen molar-refractivity contribution < 1.29 is 0 Å². The molecule has 2 N–H and O–H groups in total. The van der Waals surface area contributed by atoms with E-state index in [1.165, 1.54) is 5.57 Å². The Morgan fingerprint density at radius 2 is 2.11 bits per heavy atom. The van der Waals surface area contributed by atoms with Crippen LogP contribution in [0.1, 0.15) is 20.8 Å². The van der Waals surface area contributed by atoms with Crippen LogP contribution in [-0.4, -0.2) is 6.54 Å². The summed E-state index contributed by atoms with van der Waals surface area (Å²) in [5, 5.41) is 0. The van der Waals surface area contributed by atoms with Crippen molar-refractivity contribution in [2.24, 2.45) is 5.41 Å². The number of hydrogen-bond acceptors (Lipinski definition) is 2. The van der Waals surface area contributed by atoms with Gasteiger partial charge in [-0.2, -0.15) is 0 Å². The van der Waals surface area contributed by atoms with Crippen LogP contribution in [0.4, 0.5) is 0 Å². The molecule has 0 aromatic rings. The van der Waals surface area contributed by atoms with Crippen molar-refractivity contribution >= 4 is 0 Å². The van der Waals surface area contributed by atoms with Gasteiger partial charge in [-0.1, -0.05) is 20.8 Å². The molecular weight excluding hydrogens is 112 g/mol. The highest BCUT2D eigenvalue weighted by molar-refractivity contribution is 5.14. The molecule has 0 fully saturated rings. The molecule has 1 aliphatic rings. The lowest BCUT2D eigenvalue weighted by Crippen LogP contribution is -2.22. The second-order valence-corrected chi connectivity index (χ2v) is 3.42. The molecule has 0 spiro atoms. The van der Waals surface area contributed by atoms with Gasteiger partial charge in [-0.25, -0.2) is 5.43 Å². The SMILES string of the molecule is CC(C)(C)C1=CNNC1. The maximum absolute atomic E-state index is 3.04. The predicted molar refractivity (Wildman–Crippen MR) is 38.7 cm³/mol. The van der Waals surface area contributed by atoms with Crippen LogP contribution >= 0.6 is 0 Å². The molecular formula is C7H14N2. The van der Waals surface area contributed by atoms with Crippen molar-refractivity contribution in [3.05, 3.63) is 11.8 Å². The zero-order chi connectivity index (χ0) is 6.91. The van der Waals surface area contributed by atoms with Gasteiger partial charge in [0.1, 0.15) is 0 Å². The molecule has 0 unspecified atom stereocenters. The Hall–Kier alpha value is -0.500. The van der Waals surface area contributed by atoms with E-state index in [1.807, 2.05) is 6.20 Å². The lowest BCUT2D eigenvalue weighted by molar-refractivity contribution is 0.493. The largest absolute Gasteiger partial charge is 0.328 e. The molecule has 2 heteroatoms. The van der Waals surface area contributed by atoms with Gasteiger partial charge in [-0.05, 0) is 11.0 Å². The normalized spacial score (nSPS) is 19.2. The van der Waals surface area contributed by atoms with Crippen molar-refractivity contribution in [2.45, 2.75) is 20.8 Å². The lowest BCUT2D eigenvalue weighted by atomic mass is 9.88. The smallest absolute Gasteiger partial charge is 0.0380 e. The van der Waals surface area contributed by atoms with E-state index in [0.29, 0.717) is 5.41 Å². The van der Waals surface area contributed by atoms with E-state index in [9.17, 15) is 0 Å². The number of hydrogen-bond donors (Lipinski definition) is 2. The summed E-state index contributed by atoms with van der Waals surface area (Å²) in [7, 11) is 0. The first-order valence-corrected chi connectivity index (χ1v) is 3.28. The number of rotatable bonds is 0. The molecule has 0 aromatic heterocycles. The predicted octanol–water partition coefficient (Wildman–Crippen LogP) is 1.02. The molecule has 2 nitrogen and oxygen atoms in total. The number of hydrazine groups is 1. The minimum absolute atomic E-state index is 0.316. The van der Waals surface area contributed by atoms with Gasteiger partial charge >= 0.3 is 0 Å². The molecule has 1 rings (SSSR count). The van der Waals surface area contributed by atoms with Gasteiger partial charge in [-0.15, -0.1) is 0 Å². The first-order valence-electron chi connectivity index (χ1n) is 3.28. The fraction of sp³-hybridized carbons (Fsp3) is 0.714. The van der Waals surface area contributed by atoms with Crippen LogP contribution in [-0.2, 0) is 0 Å². The van der Waals surface area contributed by atoms with Crippen molar-refractivity contribution in [3.8, 4) is 0 Å². The van der Waals surface area contributed by atoms with E-state index in [1.54, 1.807) is 0 Å². The molecule has 52 valence electrons. The molecule has 9 heavy (non-hydrogen) atoms. The van der Waals surface area contributed by atoms with Gasteiger partial charge in [-0.3, -0.25) is 0 Å². The molecule has 1 aliphatic heterocycles. The molecule has 0 saturated heterocycles. The van der Waals surface area contributed by atoms with Crippen LogP contribution in [0, 0.1) is 5.41 Å². The van der Waals surface area contributed by atoms with E-state index < -0.39 is 0 Å². The Bertz CT molecular complexity index is 130. The van der Waals surface area contributed by atoms with Crippen LogP contribution in [0.15, 0.2) is 11.8 Å². The molecule has 0 atom stereocenters. The van der Waals surface area contributed by atoms with Gasteiger partial charge in [0.2, 0.25) is 0 Å². The fourth-order valence-corrected chi connectivity index (χ4v) is 0.817. The monoisotopic (exact) mass is 126 g/mol. The van der Waals surface area contributed by atoms with Crippen molar-refractivity contribution in [2.75, 3.05) is 6.54 Å². The summed E-state index contributed by atoms with van der Waals surface area (Å²) in [6, 6.07) is 0. The standard InChI is InChI=1S/C7H14N2/c1-7(2,3)6-4-8-9-5-6/h4,8-9H,5H2,1-3H3. The summed E-state index contributed by atoms with van der Waals surface area (Å²) in [5.74, 6) is 0. The lowest BCUT2D eigenvalue weighted by Gasteiger charge is -2.18. The van der Waals surface area contributed by atoms with Crippen molar-refractivity contribution in [1.29, 1.82) is 0 Å². The third kappa shape index (κ3) is 1.45. The van der Waals surface area contributed by atoms with Crippen LogP contribution in [0.2, 0.25) is 0 Å². The van der Waals surface area contributed by atoms with Gasteiger partial charge in [0.05, 0.1) is 0 Å². The quantitative estimate of drug-likeness (QED) is 0.506. The summed E-state index contributed by atoms with van der Waals surface area (Å²) >= 11 is 0. The topological polar surface area (TPSA) is 24.1 Å². The first-order chi connectivity index (χ1) is 4.11. The van der Waals surface area contributed by atoms with Crippen LogP contribution in [0.3, 0.4) is 0 Å². The highest BCUT2D eigenvalue weighted by Gasteiger charge is 2.18. The second kappa shape index (κ2) is 2.03. The summed E-state index contributed by atoms with van der Waals surface area (Å²) < 4.78 is 0. The first kappa shape index (κ1) is 6.62. The summed E-state index contributed by atoms with van der Waals surface area (Å²) in [4.78, 5) is 0. The third-order valence-corrected chi connectivity index (χ3v) is 1.59. The summed E-state index contributed by atoms with van der Waals surface area (Å²) in [6.07, 6.45) is 2.04. The molecule has 0 bridgehead atoms. The Balaban J connectivity index is 2.61. The molecule has 0 amide bonds. The van der Waals surface area contributed by atoms with Gasteiger partial charge in [0.25, 0.3) is 0 Å². The Morgan fingerprint density at radius 3 is 2.33 bits per heavy atom. The second-order valence-electron chi connectivity index (χ2n) is 3.42. The summed E-state index contributed by atoms with van der Waals surface area (Å²) in [6.45, 7) is 7.62. The zero-order valence-corrected chi connectivity index (χ0v) is 6.28. The molecule has 0 saturated carbocycles. The van der Waals surface area contributed by atoms with E-state index >= 15 is 0 Å². The Morgan fingerprint density at radius 1 is 1.44 bits per heavy atom. The highest BCUT2D eigenvalue weighted by Crippen LogP contribution is 2.24. The van der Waals surface area contributed by atoms with Crippen molar-refractivity contribution in [1.82, 2.24) is 10.9 Å². The maximum atomic E-state index is 3.04. The molecule has 0 aliphatic carbocycles. The van der Waals surface area contributed by atoms with E-state index in [0.717, 1.165) is 6.54 Å². The molecule has 1 heterocycles. The minimum Gasteiger partial charge on any atom is -0.328 e. The van der Waals surface area contributed by atoms with Gasteiger partial charge in [0, 0.05) is 12.7 Å². The van der Waals surface area contributed by atoms with E-state index in [4.69, 9.17) is 0 Å². The fourth-order valence-electron chi connectivity index (χ4n) is 0.817. The van der Waals surface area contributed by atoms with Crippen molar-refractivity contribution in [3.63, 3.8) is 0 Å². The Kier molecular flexibility index (Phi) is 1.49. The average Bonchev–Trinajstić information content (AvgIpc) is 2.08. The van der Waals surface area contributed by atoms with Crippen LogP contribution < -0.4 is 10.9 Å². The molecule has 0 radical (unpaired) electrons. The average molecular weight is 126 g/mol. The number of nitrogens with one attached hydrogen (secondary N) is 2.